The number of hydrogen-bond donors (Lipinski definition) is 1. The summed E-state index contributed by atoms with van der Waals surface area (Å²) in [5.74, 6) is 0.547. The predicted octanol–water partition coefficient (Wildman–Crippen LogP) is 12.1. The normalized spacial score (nSPS) is 11.8. The van der Waals surface area contributed by atoms with Gasteiger partial charge in [-0.05, 0) is 79.1 Å². The number of pyridine rings is 1. The number of rotatable bonds is 9. The fraction of sp³-hybridized carbons (Fsp3) is 0.217. The number of hydrogen-bond acceptors (Lipinski definition) is 3. The van der Waals surface area contributed by atoms with E-state index in [1.807, 2.05) is 33.9 Å². The maximum atomic E-state index is 11.7. The molecule has 0 fully saturated rings. The Kier molecular flexibility index (Phi) is 11.4. The van der Waals surface area contributed by atoms with E-state index < -0.39 is 0 Å². The minimum absolute atomic E-state index is 0. The first-order valence-electron chi connectivity index (χ1n) is 18.2. The summed E-state index contributed by atoms with van der Waals surface area (Å²) in [6.45, 7) is 8.07. The van der Waals surface area contributed by atoms with Crippen LogP contribution in [0.15, 0.2) is 133 Å². The van der Waals surface area contributed by atoms with E-state index in [9.17, 15) is 9.90 Å². The molecule has 8 aromatic rings. The van der Waals surface area contributed by atoms with Crippen molar-refractivity contribution in [3.05, 3.63) is 139 Å². The quantitative estimate of drug-likeness (QED) is 0.0893. The van der Waals surface area contributed by atoms with Crippen LogP contribution in [0.2, 0.25) is 0 Å². The molecule has 0 saturated heterocycles. The number of para-hydroxylation sites is 2. The van der Waals surface area contributed by atoms with Gasteiger partial charge in [0.25, 0.3) is 0 Å². The molecule has 5 aromatic carbocycles. The SMILES string of the molecule is CCC(CC)C(=O)/C=C(\O)C(CC)CC.[Ir].[c-]1cc2ccccc2c2c1c1nccc3c1c1c(cccc1n2-c1ccccc1)n3-c1ccccc1. The summed E-state index contributed by atoms with van der Waals surface area (Å²) in [6.07, 6.45) is 6.84. The molecule has 3 aromatic heterocycles. The van der Waals surface area contributed by atoms with Gasteiger partial charge in [0, 0.05) is 77.5 Å². The molecular formula is C46H44IrN3O2-. The second-order valence-corrected chi connectivity index (χ2v) is 13.2. The number of fused-ring (bicyclic) bond motifs is 4. The molecule has 0 saturated carbocycles. The number of aliphatic hydroxyl groups is 1. The first-order chi connectivity index (χ1) is 25.0. The van der Waals surface area contributed by atoms with Crippen molar-refractivity contribution in [2.45, 2.75) is 53.4 Å². The van der Waals surface area contributed by atoms with Gasteiger partial charge in [0.05, 0.1) is 11.3 Å². The molecule has 0 unspecified atom stereocenters. The summed E-state index contributed by atoms with van der Waals surface area (Å²) < 4.78 is 4.75. The molecular weight excluding hydrogens is 819 g/mol. The Morgan fingerprint density at radius 1 is 0.692 bits per heavy atom. The minimum atomic E-state index is 0. The predicted molar refractivity (Wildman–Crippen MR) is 213 cm³/mol. The Balaban J connectivity index is 0.000000250. The maximum absolute atomic E-state index is 11.7. The zero-order valence-electron chi connectivity index (χ0n) is 30.1. The second kappa shape index (κ2) is 16.1. The fourth-order valence-corrected chi connectivity index (χ4v) is 7.57. The van der Waals surface area contributed by atoms with E-state index in [0.717, 1.165) is 75.3 Å². The van der Waals surface area contributed by atoms with Crippen LogP contribution in [-0.4, -0.2) is 25.0 Å². The van der Waals surface area contributed by atoms with Crippen LogP contribution in [0.3, 0.4) is 0 Å². The number of carbonyl (C=O) groups excluding carboxylic acids is 1. The average Bonchev–Trinajstić information content (AvgIpc) is 3.45. The summed E-state index contributed by atoms with van der Waals surface area (Å²) in [7, 11) is 0. The molecule has 0 amide bonds. The van der Waals surface area contributed by atoms with Crippen molar-refractivity contribution in [2.24, 2.45) is 11.8 Å². The number of benzene rings is 5. The first kappa shape index (κ1) is 36.7. The van der Waals surface area contributed by atoms with Crippen molar-refractivity contribution in [2.75, 3.05) is 0 Å². The zero-order chi connectivity index (χ0) is 35.5. The number of aromatic nitrogens is 3. The maximum Gasteiger partial charge on any atom is 0.162 e. The largest absolute Gasteiger partial charge is 0.512 e. The molecule has 0 spiro atoms. The molecule has 3 heterocycles. The van der Waals surface area contributed by atoms with Gasteiger partial charge in [-0.15, -0.1) is 17.5 Å². The van der Waals surface area contributed by atoms with Gasteiger partial charge in [-0.1, -0.05) is 105 Å². The Morgan fingerprint density at radius 2 is 1.25 bits per heavy atom. The van der Waals surface area contributed by atoms with Crippen molar-refractivity contribution in [1.29, 1.82) is 0 Å². The molecule has 1 radical (unpaired) electrons. The fourth-order valence-electron chi connectivity index (χ4n) is 7.57. The van der Waals surface area contributed by atoms with Gasteiger partial charge >= 0.3 is 0 Å². The van der Waals surface area contributed by atoms with Crippen LogP contribution in [0.4, 0.5) is 0 Å². The zero-order valence-corrected chi connectivity index (χ0v) is 32.5. The molecule has 52 heavy (non-hydrogen) atoms. The van der Waals surface area contributed by atoms with Crippen LogP contribution >= 0.6 is 0 Å². The molecule has 1 N–H and O–H groups in total. The Hall–Kier alpha value is -5.03. The van der Waals surface area contributed by atoms with Gasteiger partial charge in [-0.2, -0.15) is 0 Å². The van der Waals surface area contributed by atoms with E-state index in [2.05, 4.69) is 130 Å². The summed E-state index contributed by atoms with van der Waals surface area (Å²) in [5.41, 5.74) is 7.81. The first-order valence-corrected chi connectivity index (χ1v) is 18.2. The molecule has 0 aliphatic heterocycles. The average molecular weight is 863 g/mol. The van der Waals surface area contributed by atoms with E-state index in [0.29, 0.717) is 0 Å². The van der Waals surface area contributed by atoms with Gasteiger partial charge in [-0.3, -0.25) is 4.79 Å². The minimum Gasteiger partial charge on any atom is -0.512 e. The van der Waals surface area contributed by atoms with Gasteiger partial charge in [0.2, 0.25) is 0 Å². The van der Waals surface area contributed by atoms with Gasteiger partial charge in [0.15, 0.2) is 5.78 Å². The van der Waals surface area contributed by atoms with Crippen molar-refractivity contribution in [3.63, 3.8) is 0 Å². The van der Waals surface area contributed by atoms with Crippen LogP contribution in [0.1, 0.15) is 53.4 Å². The van der Waals surface area contributed by atoms with Crippen molar-refractivity contribution in [1.82, 2.24) is 14.1 Å². The van der Waals surface area contributed by atoms with Crippen molar-refractivity contribution < 1.29 is 30.0 Å². The van der Waals surface area contributed by atoms with Gasteiger partial charge in [-0.25, -0.2) is 0 Å². The molecule has 0 atom stereocenters. The number of ketones is 1. The second-order valence-electron chi connectivity index (χ2n) is 13.2. The molecule has 0 aliphatic rings. The van der Waals surface area contributed by atoms with E-state index in [1.54, 1.807) is 0 Å². The standard InChI is InChI=1S/C33H20N3.C13H24O2.Ir/c1-3-11-23(12-4-1)35-27-16-9-17-28-30(27)31-29(35)20-21-34-32(31)26-19-18-22-10-7-8-15-25(22)33(26)36(28)24-13-5-2-6-14-24;1-5-10(6-2)12(14)9-13(15)11(7-3)8-4;/h1-18,20-21H;9-11,14H,5-8H2,1-4H3;/q-1;;/b;12-9-;. The van der Waals surface area contributed by atoms with Crippen molar-refractivity contribution >= 4 is 60.3 Å². The van der Waals surface area contributed by atoms with E-state index in [-0.39, 0.29) is 43.5 Å². The van der Waals surface area contributed by atoms with Crippen LogP contribution < -0.4 is 0 Å². The summed E-state index contributed by atoms with van der Waals surface area (Å²) in [5, 5.41) is 15.5. The number of carbonyl (C=O) groups is 1. The van der Waals surface area contributed by atoms with Crippen LogP contribution in [-0.2, 0) is 24.9 Å². The number of aliphatic hydroxyl groups excluding tert-OH is 1. The van der Waals surface area contributed by atoms with Crippen LogP contribution in [0, 0.1) is 17.9 Å². The molecule has 5 nitrogen and oxygen atoms in total. The summed E-state index contributed by atoms with van der Waals surface area (Å²) in [4.78, 5) is 16.7. The molecule has 0 aliphatic carbocycles. The molecule has 6 heteroatoms. The van der Waals surface area contributed by atoms with Crippen LogP contribution in [0.5, 0.6) is 0 Å². The van der Waals surface area contributed by atoms with E-state index in [1.165, 1.54) is 22.4 Å². The monoisotopic (exact) mass is 863 g/mol. The topological polar surface area (TPSA) is 60.0 Å². The Labute approximate surface area is 319 Å². The Bertz CT molecular complexity index is 2510. The van der Waals surface area contributed by atoms with E-state index >= 15 is 0 Å². The molecule has 265 valence electrons. The number of allylic oxidation sites excluding steroid dienone is 2. The van der Waals surface area contributed by atoms with Gasteiger partial charge < -0.3 is 19.2 Å². The Morgan fingerprint density at radius 3 is 1.88 bits per heavy atom. The summed E-state index contributed by atoms with van der Waals surface area (Å²) in [6, 6.07) is 44.3. The summed E-state index contributed by atoms with van der Waals surface area (Å²) >= 11 is 0. The third-order valence-electron chi connectivity index (χ3n) is 10.3. The number of nitrogens with zero attached hydrogens (tertiary/aromatic N) is 3. The molecule has 0 bridgehead atoms. The van der Waals surface area contributed by atoms with Crippen molar-refractivity contribution in [3.8, 4) is 11.4 Å². The molecule has 8 rings (SSSR count). The third kappa shape index (κ3) is 6.58. The smallest absolute Gasteiger partial charge is 0.162 e. The third-order valence-corrected chi connectivity index (χ3v) is 10.3. The van der Waals surface area contributed by atoms with E-state index in [4.69, 9.17) is 4.98 Å². The van der Waals surface area contributed by atoms with Gasteiger partial charge in [0.1, 0.15) is 0 Å². The van der Waals surface area contributed by atoms with Crippen LogP contribution in [0.25, 0.3) is 65.9 Å².